The first-order valence-corrected chi connectivity index (χ1v) is 8.72. The summed E-state index contributed by atoms with van der Waals surface area (Å²) in [6.07, 6.45) is 4.69. The van der Waals surface area contributed by atoms with Crippen LogP contribution < -0.4 is 4.74 Å². The van der Waals surface area contributed by atoms with Gasteiger partial charge in [-0.15, -0.1) is 0 Å². The number of carbonyl (C=O) groups is 1. The lowest BCUT2D eigenvalue weighted by Crippen LogP contribution is -2.45. The molecule has 4 nitrogen and oxygen atoms in total. The van der Waals surface area contributed by atoms with E-state index in [0.29, 0.717) is 5.02 Å². The van der Waals surface area contributed by atoms with Crippen molar-refractivity contribution in [2.24, 2.45) is 0 Å². The van der Waals surface area contributed by atoms with E-state index in [1.807, 2.05) is 43.9 Å². The molecule has 0 aromatic heterocycles. The summed E-state index contributed by atoms with van der Waals surface area (Å²) in [5.41, 5.74) is 1.71. The highest BCUT2D eigenvalue weighted by atomic mass is 35.5. The van der Waals surface area contributed by atoms with Crippen LogP contribution in [0, 0.1) is 0 Å². The van der Waals surface area contributed by atoms with E-state index in [1.54, 1.807) is 7.11 Å². The summed E-state index contributed by atoms with van der Waals surface area (Å²) >= 11 is 6.39. The number of halogens is 1. The number of benzene rings is 1. The second kappa shape index (κ2) is 6.32. The van der Waals surface area contributed by atoms with Gasteiger partial charge in [0.25, 0.3) is 0 Å². The fourth-order valence-electron chi connectivity index (χ4n) is 3.51. The van der Waals surface area contributed by atoms with Crippen molar-refractivity contribution in [1.82, 2.24) is 4.90 Å². The third-order valence-electron chi connectivity index (χ3n) is 4.52. The third kappa shape index (κ3) is 3.39. The van der Waals surface area contributed by atoms with Crippen molar-refractivity contribution >= 4 is 23.3 Å². The molecule has 1 aromatic rings. The summed E-state index contributed by atoms with van der Waals surface area (Å²) < 4.78 is 10.9. The van der Waals surface area contributed by atoms with Crippen LogP contribution in [0.15, 0.2) is 24.3 Å². The van der Waals surface area contributed by atoms with Crippen LogP contribution in [-0.2, 0) is 4.74 Å². The van der Waals surface area contributed by atoms with Crippen LogP contribution in [0.3, 0.4) is 0 Å². The minimum Gasteiger partial charge on any atom is -0.497 e. The van der Waals surface area contributed by atoms with E-state index in [1.165, 1.54) is 5.57 Å². The molecule has 2 aliphatic heterocycles. The first-order valence-electron chi connectivity index (χ1n) is 8.34. The number of hydrogen-bond donors (Lipinski definition) is 0. The summed E-state index contributed by atoms with van der Waals surface area (Å²) in [4.78, 5) is 14.4. The predicted octanol–water partition coefficient (Wildman–Crippen LogP) is 4.90. The van der Waals surface area contributed by atoms with E-state index in [0.717, 1.165) is 30.6 Å². The van der Waals surface area contributed by atoms with Crippen molar-refractivity contribution < 1.29 is 14.3 Å². The average molecular weight is 350 g/mol. The molecule has 2 atom stereocenters. The lowest BCUT2D eigenvalue weighted by molar-refractivity contribution is 0.0175. The Bertz CT molecular complexity index is 678. The SMILES string of the molecule is COc1ccc(Cl)c(C2=CC3CCC(C2)N3C(=O)OC(C)(C)C)c1. The van der Waals surface area contributed by atoms with Crippen molar-refractivity contribution in [3.05, 3.63) is 34.9 Å². The van der Waals surface area contributed by atoms with Crippen LogP contribution in [0.1, 0.15) is 45.6 Å². The third-order valence-corrected chi connectivity index (χ3v) is 4.85. The van der Waals surface area contributed by atoms with Crippen LogP contribution >= 0.6 is 11.6 Å². The van der Waals surface area contributed by atoms with Gasteiger partial charge < -0.3 is 9.47 Å². The molecule has 1 fully saturated rings. The van der Waals surface area contributed by atoms with Crippen LogP contribution in [0.5, 0.6) is 5.75 Å². The van der Waals surface area contributed by atoms with Crippen molar-refractivity contribution in [3.8, 4) is 5.75 Å². The summed E-state index contributed by atoms with van der Waals surface area (Å²) in [6.45, 7) is 5.69. The standard InChI is InChI=1S/C19H24ClNO3/c1-19(2,3)24-18(22)21-13-5-6-14(21)10-12(9-13)16-11-15(23-4)7-8-17(16)20/h7-9,11,13-14H,5-6,10H2,1-4H3. The lowest BCUT2D eigenvalue weighted by Gasteiger charge is -2.35. The number of hydrogen-bond acceptors (Lipinski definition) is 3. The molecule has 1 saturated heterocycles. The van der Waals surface area contributed by atoms with Gasteiger partial charge in [-0.25, -0.2) is 4.79 Å². The van der Waals surface area contributed by atoms with Gasteiger partial charge in [-0.1, -0.05) is 17.7 Å². The Kier molecular flexibility index (Phi) is 4.52. The zero-order chi connectivity index (χ0) is 17.5. The van der Waals surface area contributed by atoms with Gasteiger partial charge in [0, 0.05) is 11.1 Å². The van der Waals surface area contributed by atoms with Gasteiger partial charge in [-0.3, -0.25) is 4.90 Å². The molecule has 5 heteroatoms. The fourth-order valence-corrected chi connectivity index (χ4v) is 3.75. The second-order valence-electron chi connectivity index (χ2n) is 7.43. The topological polar surface area (TPSA) is 38.8 Å². The monoisotopic (exact) mass is 349 g/mol. The van der Waals surface area contributed by atoms with Gasteiger partial charge in [-0.05, 0) is 69.4 Å². The molecule has 0 saturated carbocycles. The number of rotatable bonds is 2. The minimum atomic E-state index is -0.476. The molecular weight excluding hydrogens is 326 g/mol. The number of amides is 1. The van der Waals surface area contributed by atoms with Crippen LogP contribution in [0.2, 0.25) is 5.02 Å². The van der Waals surface area contributed by atoms with E-state index in [2.05, 4.69) is 6.08 Å². The Morgan fingerprint density at radius 3 is 2.67 bits per heavy atom. The Hall–Kier alpha value is -1.68. The highest BCUT2D eigenvalue weighted by Crippen LogP contribution is 2.41. The van der Waals surface area contributed by atoms with Crippen LogP contribution in [0.4, 0.5) is 4.79 Å². The highest BCUT2D eigenvalue weighted by molar-refractivity contribution is 6.32. The van der Waals surface area contributed by atoms with Crippen molar-refractivity contribution in [2.75, 3.05) is 7.11 Å². The second-order valence-corrected chi connectivity index (χ2v) is 7.84. The molecule has 24 heavy (non-hydrogen) atoms. The maximum Gasteiger partial charge on any atom is 0.411 e. The van der Waals surface area contributed by atoms with E-state index in [-0.39, 0.29) is 18.2 Å². The van der Waals surface area contributed by atoms with Crippen molar-refractivity contribution in [3.63, 3.8) is 0 Å². The maximum atomic E-state index is 12.5. The number of ether oxygens (including phenoxy) is 2. The molecular formula is C19H24ClNO3. The van der Waals surface area contributed by atoms with Gasteiger partial charge in [0.05, 0.1) is 13.2 Å². The first-order chi connectivity index (χ1) is 11.3. The van der Waals surface area contributed by atoms with E-state index < -0.39 is 5.60 Å². The fraction of sp³-hybridized carbons (Fsp3) is 0.526. The number of carbonyl (C=O) groups excluding carboxylic acids is 1. The van der Waals surface area contributed by atoms with E-state index in [9.17, 15) is 4.79 Å². The molecule has 2 unspecified atom stereocenters. The molecule has 0 radical (unpaired) electrons. The Morgan fingerprint density at radius 2 is 2.04 bits per heavy atom. The molecule has 2 heterocycles. The molecule has 2 bridgehead atoms. The smallest absolute Gasteiger partial charge is 0.411 e. The Labute approximate surface area is 148 Å². The molecule has 0 spiro atoms. The number of fused-ring (bicyclic) bond motifs is 2. The van der Waals surface area contributed by atoms with E-state index >= 15 is 0 Å². The Balaban J connectivity index is 1.86. The zero-order valence-corrected chi connectivity index (χ0v) is 15.4. The van der Waals surface area contributed by atoms with Gasteiger partial charge in [0.1, 0.15) is 11.4 Å². The van der Waals surface area contributed by atoms with Crippen molar-refractivity contribution in [1.29, 1.82) is 0 Å². The zero-order valence-electron chi connectivity index (χ0n) is 14.6. The molecule has 0 N–H and O–H groups in total. The summed E-state index contributed by atoms with van der Waals surface area (Å²) in [5.74, 6) is 0.789. The lowest BCUT2D eigenvalue weighted by atomic mass is 9.94. The number of nitrogens with zero attached hydrogens (tertiary/aromatic N) is 1. The van der Waals surface area contributed by atoms with E-state index in [4.69, 9.17) is 21.1 Å². The normalized spacial score (nSPS) is 23.0. The molecule has 1 amide bonds. The molecule has 0 aliphatic carbocycles. The van der Waals surface area contributed by atoms with Crippen LogP contribution in [-0.4, -0.2) is 35.8 Å². The predicted molar refractivity (Wildman–Crippen MR) is 95.5 cm³/mol. The van der Waals surface area contributed by atoms with Gasteiger partial charge >= 0.3 is 6.09 Å². The minimum absolute atomic E-state index is 0.0795. The van der Waals surface area contributed by atoms with Gasteiger partial charge in [0.15, 0.2) is 0 Å². The van der Waals surface area contributed by atoms with Gasteiger partial charge in [-0.2, -0.15) is 0 Å². The summed E-state index contributed by atoms with van der Waals surface area (Å²) in [5, 5.41) is 0.715. The first kappa shape index (κ1) is 17.2. The summed E-state index contributed by atoms with van der Waals surface area (Å²) in [6, 6.07) is 5.94. The summed E-state index contributed by atoms with van der Waals surface area (Å²) in [7, 11) is 1.65. The molecule has 2 aliphatic rings. The van der Waals surface area contributed by atoms with Crippen LogP contribution in [0.25, 0.3) is 5.57 Å². The quantitative estimate of drug-likeness (QED) is 0.762. The number of methoxy groups -OCH3 is 1. The van der Waals surface area contributed by atoms with Gasteiger partial charge in [0.2, 0.25) is 0 Å². The molecule has 1 aromatic carbocycles. The molecule has 130 valence electrons. The maximum absolute atomic E-state index is 12.5. The molecule has 3 rings (SSSR count). The average Bonchev–Trinajstić information content (AvgIpc) is 2.77. The Morgan fingerprint density at radius 1 is 1.29 bits per heavy atom. The largest absolute Gasteiger partial charge is 0.497 e. The highest BCUT2D eigenvalue weighted by Gasteiger charge is 2.41. The van der Waals surface area contributed by atoms with Crippen molar-refractivity contribution in [2.45, 2.75) is 57.7 Å².